The summed E-state index contributed by atoms with van der Waals surface area (Å²) in [6.07, 6.45) is 0. The molecule has 0 unspecified atom stereocenters. The molecule has 3 rings (SSSR count). The normalized spacial score (nSPS) is 11.5. The van der Waals surface area contributed by atoms with Gasteiger partial charge in [0.1, 0.15) is 0 Å². The first-order chi connectivity index (χ1) is 10.9. The highest BCUT2D eigenvalue weighted by molar-refractivity contribution is 6.30. The fourth-order valence-corrected chi connectivity index (χ4v) is 2.61. The lowest BCUT2D eigenvalue weighted by Gasteiger charge is -2.20. The summed E-state index contributed by atoms with van der Waals surface area (Å²) < 4.78 is 0. The van der Waals surface area contributed by atoms with Crippen molar-refractivity contribution in [3.8, 4) is 22.4 Å². The molecule has 0 fully saturated rings. The average molecular weight is 322 g/mol. The molecule has 23 heavy (non-hydrogen) atoms. The Morgan fingerprint density at radius 1 is 0.739 bits per heavy atom. The number of hydrogen-bond donors (Lipinski definition) is 0. The maximum absolute atomic E-state index is 6.01. The second-order valence-corrected chi connectivity index (χ2v) is 7.19. The zero-order chi connectivity index (χ0) is 16.4. The van der Waals surface area contributed by atoms with Gasteiger partial charge in [0, 0.05) is 21.7 Å². The topological polar surface area (TPSA) is 12.9 Å². The maximum Gasteiger partial charge on any atom is 0.0711 e. The number of rotatable bonds is 2. The second kappa shape index (κ2) is 6.17. The lowest BCUT2D eigenvalue weighted by molar-refractivity contribution is 0.570. The Labute approximate surface area is 143 Å². The molecular weight excluding hydrogens is 302 g/mol. The van der Waals surface area contributed by atoms with Crippen LogP contribution in [0.5, 0.6) is 0 Å². The van der Waals surface area contributed by atoms with Crippen LogP contribution in [-0.4, -0.2) is 4.98 Å². The van der Waals surface area contributed by atoms with Gasteiger partial charge >= 0.3 is 0 Å². The number of hydrogen-bond acceptors (Lipinski definition) is 1. The van der Waals surface area contributed by atoms with Gasteiger partial charge in [-0.1, -0.05) is 74.8 Å². The van der Waals surface area contributed by atoms with E-state index in [2.05, 4.69) is 57.2 Å². The summed E-state index contributed by atoms with van der Waals surface area (Å²) in [5, 5.41) is 0.740. The highest BCUT2D eigenvalue weighted by Gasteiger charge is 2.18. The van der Waals surface area contributed by atoms with Crippen molar-refractivity contribution in [3.05, 3.63) is 77.4 Å². The largest absolute Gasteiger partial charge is 0.252 e. The molecule has 116 valence electrons. The van der Waals surface area contributed by atoms with Crippen LogP contribution >= 0.6 is 11.6 Å². The van der Waals surface area contributed by atoms with Gasteiger partial charge in [-0.15, -0.1) is 0 Å². The van der Waals surface area contributed by atoms with Gasteiger partial charge in [-0.25, -0.2) is 0 Å². The molecule has 0 amide bonds. The van der Waals surface area contributed by atoms with Gasteiger partial charge in [0.2, 0.25) is 0 Å². The molecule has 3 aromatic rings. The Bertz CT molecular complexity index is 799. The second-order valence-electron chi connectivity index (χ2n) is 6.75. The molecule has 0 bridgehead atoms. The Hall–Kier alpha value is -2.12. The molecule has 0 saturated carbocycles. The van der Waals surface area contributed by atoms with Crippen molar-refractivity contribution in [1.29, 1.82) is 0 Å². The smallest absolute Gasteiger partial charge is 0.0711 e. The molecule has 2 heteroatoms. The number of nitrogens with zero attached hydrogens (tertiary/aromatic N) is 1. The highest BCUT2D eigenvalue weighted by atomic mass is 35.5. The number of aromatic nitrogens is 1. The van der Waals surface area contributed by atoms with Crippen LogP contribution in [0.2, 0.25) is 5.02 Å². The van der Waals surface area contributed by atoms with E-state index in [0.717, 1.165) is 22.0 Å². The van der Waals surface area contributed by atoms with Gasteiger partial charge in [-0.05, 0) is 35.4 Å². The molecule has 0 spiro atoms. The first-order valence-electron chi connectivity index (χ1n) is 7.77. The SMILES string of the molecule is CC(C)(C)c1cc(-c2ccccc2)cc(-c2ccc(Cl)cc2)n1. The summed E-state index contributed by atoms with van der Waals surface area (Å²) in [4.78, 5) is 4.89. The van der Waals surface area contributed by atoms with Crippen molar-refractivity contribution in [3.63, 3.8) is 0 Å². The fraction of sp³-hybridized carbons (Fsp3) is 0.190. The summed E-state index contributed by atoms with van der Waals surface area (Å²) >= 11 is 6.01. The van der Waals surface area contributed by atoms with Crippen LogP contribution in [0.4, 0.5) is 0 Å². The highest BCUT2D eigenvalue weighted by Crippen LogP contribution is 2.31. The van der Waals surface area contributed by atoms with Crippen LogP contribution in [0, 0.1) is 0 Å². The molecule has 1 nitrogen and oxygen atoms in total. The summed E-state index contributed by atoms with van der Waals surface area (Å²) in [5.41, 5.74) is 5.53. The zero-order valence-corrected chi connectivity index (χ0v) is 14.4. The van der Waals surface area contributed by atoms with E-state index in [1.807, 2.05) is 30.3 Å². The Morgan fingerprint density at radius 2 is 1.39 bits per heavy atom. The molecule has 0 N–H and O–H groups in total. The standard InChI is InChI=1S/C21H20ClN/c1-21(2,3)20-14-17(15-7-5-4-6-8-15)13-19(23-20)16-9-11-18(22)12-10-16/h4-14H,1-3H3. The van der Waals surface area contributed by atoms with Crippen molar-refractivity contribution < 1.29 is 0 Å². The van der Waals surface area contributed by atoms with Gasteiger partial charge in [0.15, 0.2) is 0 Å². The minimum Gasteiger partial charge on any atom is -0.252 e. The molecule has 2 aromatic carbocycles. The van der Waals surface area contributed by atoms with E-state index >= 15 is 0 Å². The van der Waals surface area contributed by atoms with E-state index in [0.29, 0.717) is 0 Å². The molecule has 0 aliphatic rings. The van der Waals surface area contributed by atoms with E-state index in [4.69, 9.17) is 16.6 Å². The molecular formula is C21H20ClN. The first-order valence-corrected chi connectivity index (χ1v) is 8.15. The van der Waals surface area contributed by atoms with Crippen LogP contribution in [0.25, 0.3) is 22.4 Å². The van der Waals surface area contributed by atoms with Crippen molar-refractivity contribution in [2.75, 3.05) is 0 Å². The Balaban J connectivity index is 2.18. The zero-order valence-electron chi connectivity index (χ0n) is 13.7. The summed E-state index contributed by atoms with van der Waals surface area (Å²) in [5.74, 6) is 0. The van der Waals surface area contributed by atoms with Gasteiger partial charge in [0.25, 0.3) is 0 Å². The van der Waals surface area contributed by atoms with Gasteiger partial charge in [0.05, 0.1) is 5.69 Å². The lowest BCUT2D eigenvalue weighted by Crippen LogP contribution is -2.14. The maximum atomic E-state index is 6.01. The van der Waals surface area contributed by atoms with Crippen molar-refractivity contribution in [2.45, 2.75) is 26.2 Å². The van der Waals surface area contributed by atoms with Gasteiger partial charge in [-0.3, -0.25) is 4.98 Å². The molecule has 1 heterocycles. The van der Waals surface area contributed by atoms with Gasteiger partial charge in [-0.2, -0.15) is 0 Å². The fourth-order valence-electron chi connectivity index (χ4n) is 2.48. The third-order valence-corrected chi connectivity index (χ3v) is 4.09. The molecule has 0 radical (unpaired) electrons. The van der Waals surface area contributed by atoms with E-state index in [1.54, 1.807) is 0 Å². The molecule has 0 aliphatic carbocycles. The minimum absolute atomic E-state index is 0.00797. The summed E-state index contributed by atoms with van der Waals surface area (Å²) in [6, 6.07) is 22.6. The predicted molar refractivity (Wildman–Crippen MR) is 98.8 cm³/mol. The van der Waals surface area contributed by atoms with E-state index in [9.17, 15) is 0 Å². The predicted octanol–water partition coefficient (Wildman–Crippen LogP) is 6.37. The molecule has 0 atom stereocenters. The van der Waals surface area contributed by atoms with Crippen molar-refractivity contribution >= 4 is 11.6 Å². The minimum atomic E-state index is -0.00797. The number of pyridine rings is 1. The number of benzene rings is 2. The van der Waals surface area contributed by atoms with E-state index in [-0.39, 0.29) is 5.41 Å². The van der Waals surface area contributed by atoms with Crippen molar-refractivity contribution in [2.24, 2.45) is 0 Å². The van der Waals surface area contributed by atoms with Crippen LogP contribution in [0.3, 0.4) is 0 Å². The lowest BCUT2D eigenvalue weighted by atomic mass is 9.89. The van der Waals surface area contributed by atoms with E-state index in [1.165, 1.54) is 11.1 Å². The molecule has 1 aromatic heterocycles. The van der Waals surface area contributed by atoms with Crippen LogP contribution in [0.1, 0.15) is 26.5 Å². The Morgan fingerprint density at radius 3 is 2.00 bits per heavy atom. The molecule has 0 aliphatic heterocycles. The quantitative estimate of drug-likeness (QED) is 0.534. The van der Waals surface area contributed by atoms with Crippen molar-refractivity contribution in [1.82, 2.24) is 4.98 Å². The number of halogens is 1. The van der Waals surface area contributed by atoms with E-state index < -0.39 is 0 Å². The molecule has 0 saturated heterocycles. The monoisotopic (exact) mass is 321 g/mol. The average Bonchev–Trinajstić information content (AvgIpc) is 2.55. The summed E-state index contributed by atoms with van der Waals surface area (Å²) in [7, 11) is 0. The van der Waals surface area contributed by atoms with Crippen LogP contribution < -0.4 is 0 Å². The summed E-state index contributed by atoms with van der Waals surface area (Å²) in [6.45, 7) is 6.57. The third kappa shape index (κ3) is 3.62. The van der Waals surface area contributed by atoms with Crippen LogP contribution in [0.15, 0.2) is 66.7 Å². The Kier molecular flexibility index (Phi) is 4.23. The van der Waals surface area contributed by atoms with Gasteiger partial charge < -0.3 is 0 Å². The van der Waals surface area contributed by atoms with Crippen LogP contribution in [-0.2, 0) is 5.41 Å². The third-order valence-electron chi connectivity index (χ3n) is 3.84. The first kappa shape index (κ1) is 15.8.